The topological polar surface area (TPSA) is 41.5 Å². The van der Waals surface area contributed by atoms with Gasteiger partial charge in [-0.05, 0) is 37.6 Å². The molecule has 3 heteroatoms. The Morgan fingerprint density at radius 1 is 1.41 bits per heavy atom. The molecule has 1 aromatic carbocycles. The molecule has 92 valence electrons. The lowest BCUT2D eigenvalue weighted by Gasteiger charge is -2.07. The first-order chi connectivity index (χ1) is 8.22. The van der Waals surface area contributed by atoms with Gasteiger partial charge in [0.2, 0.25) is 0 Å². The number of nitrogens with one attached hydrogen (secondary N) is 1. The van der Waals surface area contributed by atoms with E-state index in [9.17, 15) is 0 Å². The van der Waals surface area contributed by atoms with Crippen molar-refractivity contribution in [1.82, 2.24) is 5.32 Å². The normalized spacial score (nSPS) is 11.8. The molecular weight excluding hydrogens is 214 g/mol. The third-order valence-electron chi connectivity index (χ3n) is 2.31. The summed E-state index contributed by atoms with van der Waals surface area (Å²) in [4.78, 5) is 0. The minimum absolute atomic E-state index is 0.248. The molecule has 0 radical (unpaired) electrons. The summed E-state index contributed by atoms with van der Waals surface area (Å²) in [7, 11) is 0. The molecule has 0 saturated heterocycles. The van der Waals surface area contributed by atoms with Gasteiger partial charge in [0.05, 0.1) is 6.10 Å². The average molecular weight is 233 g/mol. The average Bonchev–Trinajstić information content (AvgIpc) is 2.33. The Kier molecular flexibility index (Phi) is 6.16. The van der Waals surface area contributed by atoms with Crippen molar-refractivity contribution >= 4 is 0 Å². The number of aliphatic hydroxyl groups excluding tert-OH is 1. The second-order valence-corrected chi connectivity index (χ2v) is 3.95. The van der Waals surface area contributed by atoms with Gasteiger partial charge in [0.15, 0.2) is 0 Å². The quantitative estimate of drug-likeness (QED) is 0.555. The van der Waals surface area contributed by atoms with Crippen LogP contribution < -0.4 is 10.1 Å². The van der Waals surface area contributed by atoms with Gasteiger partial charge in [-0.15, -0.1) is 6.42 Å². The van der Waals surface area contributed by atoms with Gasteiger partial charge in [-0.3, -0.25) is 0 Å². The van der Waals surface area contributed by atoms with Crippen LogP contribution in [-0.4, -0.2) is 24.4 Å². The lowest BCUT2D eigenvalue weighted by atomic mass is 10.2. The fourth-order valence-electron chi connectivity index (χ4n) is 1.37. The van der Waals surface area contributed by atoms with Crippen LogP contribution in [0.5, 0.6) is 5.75 Å². The maximum absolute atomic E-state index is 9.10. The van der Waals surface area contributed by atoms with Gasteiger partial charge in [0, 0.05) is 6.54 Å². The van der Waals surface area contributed by atoms with Crippen molar-refractivity contribution < 1.29 is 9.84 Å². The van der Waals surface area contributed by atoms with E-state index in [0.29, 0.717) is 6.61 Å². The Bertz CT molecular complexity index is 351. The summed E-state index contributed by atoms with van der Waals surface area (Å²) in [5.41, 5.74) is 1.18. The minimum atomic E-state index is -0.248. The van der Waals surface area contributed by atoms with Crippen LogP contribution in [0.25, 0.3) is 0 Å². The molecule has 2 N–H and O–H groups in total. The van der Waals surface area contributed by atoms with Gasteiger partial charge in [-0.1, -0.05) is 18.1 Å². The van der Waals surface area contributed by atoms with Gasteiger partial charge in [-0.25, -0.2) is 0 Å². The molecule has 0 fully saturated rings. The van der Waals surface area contributed by atoms with Crippen molar-refractivity contribution in [1.29, 1.82) is 0 Å². The van der Waals surface area contributed by atoms with Gasteiger partial charge in [-0.2, -0.15) is 0 Å². The number of benzene rings is 1. The zero-order valence-electron chi connectivity index (χ0n) is 10.1. The van der Waals surface area contributed by atoms with Crippen molar-refractivity contribution in [2.24, 2.45) is 0 Å². The standard InChI is InChI=1S/C14H19NO2/c1-3-10-17-14-6-4-13(5-7-14)11-15-9-8-12(2)16/h1,4-7,12,15-16H,8-11H2,2H3. The van der Waals surface area contributed by atoms with Crippen molar-refractivity contribution in [2.75, 3.05) is 13.2 Å². The van der Waals surface area contributed by atoms with E-state index in [1.165, 1.54) is 5.56 Å². The van der Waals surface area contributed by atoms with E-state index in [-0.39, 0.29) is 6.10 Å². The highest BCUT2D eigenvalue weighted by Crippen LogP contribution is 2.11. The van der Waals surface area contributed by atoms with Crippen LogP contribution in [0.15, 0.2) is 24.3 Å². The maximum atomic E-state index is 9.10. The van der Waals surface area contributed by atoms with Crippen LogP contribution in [0.2, 0.25) is 0 Å². The SMILES string of the molecule is C#CCOc1ccc(CNCCC(C)O)cc1. The third-order valence-corrected chi connectivity index (χ3v) is 2.31. The highest BCUT2D eigenvalue weighted by Gasteiger charge is 1.97. The minimum Gasteiger partial charge on any atom is -0.481 e. The molecule has 17 heavy (non-hydrogen) atoms. The molecule has 0 saturated carbocycles. The molecule has 1 aromatic rings. The predicted octanol–water partition coefficient (Wildman–Crippen LogP) is 1.56. The second-order valence-electron chi connectivity index (χ2n) is 3.95. The summed E-state index contributed by atoms with van der Waals surface area (Å²) < 4.78 is 5.28. The van der Waals surface area contributed by atoms with E-state index in [1.54, 1.807) is 6.92 Å². The number of terminal acetylenes is 1. The highest BCUT2D eigenvalue weighted by molar-refractivity contribution is 5.27. The number of hydrogen-bond acceptors (Lipinski definition) is 3. The summed E-state index contributed by atoms with van der Waals surface area (Å²) in [5, 5.41) is 12.4. The molecular formula is C14H19NO2. The molecule has 0 aliphatic rings. The van der Waals surface area contributed by atoms with Crippen LogP contribution in [0.4, 0.5) is 0 Å². The van der Waals surface area contributed by atoms with E-state index >= 15 is 0 Å². The molecule has 0 aliphatic heterocycles. The van der Waals surface area contributed by atoms with Crippen LogP contribution in [-0.2, 0) is 6.54 Å². The van der Waals surface area contributed by atoms with Crippen LogP contribution in [0.3, 0.4) is 0 Å². The van der Waals surface area contributed by atoms with E-state index < -0.39 is 0 Å². The van der Waals surface area contributed by atoms with Crippen molar-refractivity contribution in [3.8, 4) is 18.1 Å². The molecule has 1 unspecified atom stereocenters. The number of aliphatic hydroxyl groups is 1. The molecule has 0 heterocycles. The van der Waals surface area contributed by atoms with Crippen molar-refractivity contribution in [2.45, 2.75) is 26.0 Å². The first-order valence-corrected chi connectivity index (χ1v) is 5.76. The fourth-order valence-corrected chi connectivity index (χ4v) is 1.37. The van der Waals surface area contributed by atoms with Gasteiger partial charge >= 0.3 is 0 Å². The summed E-state index contributed by atoms with van der Waals surface area (Å²) >= 11 is 0. The second kappa shape index (κ2) is 7.72. The smallest absolute Gasteiger partial charge is 0.148 e. The summed E-state index contributed by atoms with van der Waals surface area (Å²) in [5.74, 6) is 3.21. The van der Waals surface area contributed by atoms with E-state index in [4.69, 9.17) is 16.3 Å². The Hall–Kier alpha value is -1.50. The van der Waals surface area contributed by atoms with Gasteiger partial charge in [0.25, 0.3) is 0 Å². The Balaban J connectivity index is 2.28. The van der Waals surface area contributed by atoms with Crippen LogP contribution in [0.1, 0.15) is 18.9 Å². The van der Waals surface area contributed by atoms with Gasteiger partial charge in [0.1, 0.15) is 12.4 Å². The van der Waals surface area contributed by atoms with Gasteiger partial charge < -0.3 is 15.2 Å². The van der Waals surface area contributed by atoms with Crippen LogP contribution >= 0.6 is 0 Å². The highest BCUT2D eigenvalue weighted by atomic mass is 16.5. The Morgan fingerprint density at radius 3 is 2.71 bits per heavy atom. The van der Waals surface area contributed by atoms with E-state index in [0.717, 1.165) is 25.3 Å². The Labute approximate surface area is 103 Å². The molecule has 1 rings (SSSR count). The molecule has 0 aromatic heterocycles. The summed E-state index contributed by atoms with van der Waals surface area (Å²) in [6, 6.07) is 7.81. The largest absolute Gasteiger partial charge is 0.481 e. The molecule has 0 aliphatic carbocycles. The molecule has 0 bridgehead atoms. The zero-order valence-corrected chi connectivity index (χ0v) is 10.1. The monoisotopic (exact) mass is 233 g/mol. The predicted molar refractivity (Wildman–Crippen MR) is 68.8 cm³/mol. The lowest BCUT2D eigenvalue weighted by Crippen LogP contribution is -2.18. The molecule has 3 nitrogen and oxygen atoms in total. The molecule has 0 amide bonds. The maximum Gasteiger partial charge on any atom is 0.148 e. The van der Waals surface area contributed by atoms with Crippen molar-refractivity contribution in [3.63, 3.8) is 0 Å². The first kappa shape index (κ1) is 13.6. The fraction of sp³-hybridized carbons (Fsp3) is 0.429. The number of hydrogen-bond donors (Lipinski definition) is 2. The van der Waals surface area contributed by atoms with Crippen molar-refractivity contribution in [3.05, 3.63) is 29.8 Å². The number of rotatable bonds is 7. The molecule has 1 atom stereocenters. The van der Waals surface area contributed by atoms with E-state index in [1.807, 2.05) is 24.3 Å². The van der Waals surface area contributed by atoms with Crippen LogP contribution in [0, 0.1) is 12.3 Å². The first-order valence-electron chi connectivity index (χ1n) is 5.76. The summed E-state index contributed by atoms with van der Waals surface area (Å²) in [6.45, 7) is 3.69. The molecule has 0 spiro atoms. The number of ether oxygens (including phenoxy) is 1. The zero-order chi connectivity index (χ0) is 12.5. The van der Waals surface area contributed by atoms with E-state index in [2.05, 4.69) is 11.2 Å². The summed E-state index contributed by atoms with van der Waals surface area (Å²) in [6.07, 6.45) is 5.63. The third kappa shape index (κ3) is 5.96. The Morgan fingerprint density at radius 2 is 2.12 bits per heavy atom. The lowest BCUT2D eigenvalue weighted by molar-refractivity contribution is 0.183.